The van der Waals surface area contributed by atoms with Crippen molar-refractivity contribution >= 4 is 16.7 Å². The Bertz CT molecular complexity index is 909. The van der Waals surface area contributed by atoms with Crippen molar-refractivity contribution in [1.82, 2.24) is 14.8 Å². The van der Waals surface area contributed by atoms with Crippen LogP contribution in [-0.4, -0.2) is 41.1 Å². The number of hydrogen-bond acceptors (Lipinski definition) is 4. The fraction of sp³-hybridized carbons (Fsp3) is 0.400. The molecule has 0 atom stereocenters. The molecular formula is C20H24N4O. The van der Waals surface area contributed by atoms with Gasteiger partial charge in [0.2, 0.25) is 0 Å². The Balaban J connectivity index is 1.69. The summed E-state index contributed by atoms with van der Waals surface area (Å²) in [4.78, 5) is 6.92. The number of rotatable bonds is 3. The van der Waals surface area contributed by atoms with Gasteiger partial charge < -0.3 is 9.64 Å². The van der Waals surface area contributed by atoms with Crippen LogP contribution in [0, 0.1) is 20.8 Å². The van der Waals surface area contributed by atoms with E-state index in [1.807, 2.05) is 6.20 Å². The summed E-state index contributed by atoms with van der Waals surface area (Å²) in [6, 6.07) is 8.74. The summed E-state index contributed by atoms with van der Waals surface area (Å²) < 4.78 is 7.56. The molecule has 0 N–H and O–H groups in total. The maximum atomic E-state index is 5.45. The number of nitrogens with zero attached hydrogens (tertiary/aromatic N) is 4. The monoisotopic (exact) mass is 336 g/mol. The van der Waals surface area contributed by atoms with Crippen LogP contribution in [0.5, 0.6) is 0 Å². The van der Waals surface area contributed by atoms with Gasteiger partial charge >= 0.3 is 0 Å². The lowest BCUT2D eigenvalue weighted by atomic mass is 10.1. The van der Waals surface area contributed by atoms with Gasteiger partial charge in [0.05, 0.1) is 31.0 Å². The molecule has 130 valence electrons. The standard InChI is InChI=1S/C20H24N4O/c1-14-4-5-18-16(3)22-24(19(18)10-14)13-17-11-20(21-12-15(17)2)23-6-8-25-9-7-23/h4-5,10-12H,6-9,13H2,1-3H3. The molecule has 25 heavy (non-hydrogen) atoms. The average molecular weight is 336 g/mol. The van der Waals surface area contributed by atoms with E-state index in [1.54, 1.807) is 0 Å². The van der Waals surface area contributed by atoms with E-state index in [0.29, 0.717) is 0 Å². The Morgan fingerprint density at radius 2 is 1.88 bits per heavy atom. The highest BCUT2D eigenvalue weighted by molar-refractivity contribution is 5.82. The fourth-order valence-electron chi connectivity index (χ4n) is 3.42. The molecule has 0 saturated carbocycles. The lowest BCUT2D eigenvalue weighted by Crippen LogP contribution is -2.36. The van der Waals surface area contributed by atoms with Crippen molar-refractivity contribution in [2.75, 3.05) is 31.2 Å². The minimum absolute atomic E-state index is 0.763. The smallest absolute Gasteiger partial charge is 0.128 e. The van der Waals surface area contributed by atoms with E-state index in [0.717, 1.165) is 44.4 Å². The summed E-state index contributed by atoms with van der Waals surface area (Å²) in [5.74, 6) is 1.04. The molecule has 2 aromatic heterocycles. The van der Waals surface area contributed by atoms with Crippen molar-refractivity contribution in [2.45, 2.75) is 27.3 Å². The van der Waals surface area contributed by atoms with Crippen LogP contribution in [0.25, 0.3) is 10.9 Å². The van der Waals surface area contributed by atoms with E-state index in [4.69, 9.17) is 9.84 Å². The van der Waals surface area contributed by atoms with Crippen LogP contribution in [0.4, 0.5) is 5.82 Å². The molecule has 1 aromatic carbocycles. The number of anilines is 1. The third-order valence-corrected chi connectivity index (χ3v) is 4.95. The molecule has 1 aliphatic rings. The number of benzene rings is 1. The lowest BCUT2D eigenvalue weighted by molar-refractivity contribution is 0.122. The number of pyridine rings is 1. The molecule has 0 spiro atoms. The van der Waals surface area contributed by atoms with E-state index in [2.05, 4.69) is 59.6 Å². The van der Waals surface area contributed by atoms with Gasteiger partial charge in [-0.15, -0.1) is 0 Å². The highest BCUT2D eigenvalue weighted by atomic mass is 16.5. The lowest BCUT2D eigenvalue weighted by Gasteiger charge is -2.28. The summed E-state index contributed by atoms with van der Waals surface area (Å²) >= 11 is 0. The van der Waals surface area contributed by atoms with Crippen molar-refractivity contribution in [3.8, 4) is 0 Å². The largest absolute Gasteiger partial charge is 0.378 e. The highest BCUT2D eigenvalue weighted by Crippen LogP contribution is 2.23. The van der Waals surface area contributed by atoms with Gasteiger partial charge in [0.1, 0.15) is 5.82 Å². The molecule has 0 aliphatic carbocycles. The van der Waals surface area contributed by atoms with Crippen molar-refractivity contribution < 1.29 is 4.74 Å². The van der Waals surface area contributed by atoms with E-state index < -0.39 is 0 Å². The molecular weight excluding hydrogens is 312 g/mol. The Morgan fingerprint density at radius 1 is 1.08 bits per heavy atom. The Labute approximate surface area is 148 Å². The normalized spacial score (nSPS) is 15.1. The quantitative estimate of drug-likeness (QED) is 0.736. The SMILES string of the molecule is Cc1ccc2c(C)nn(Cc3cc(N4CCOCC4)ncc3C)c2c1. The van der Waals surface area contributed by atoms with E-state index >= 15 is 0 Å². The van der Waals surface area contributed by atoms with E-state index in [1.165, 1.54) is 27.6 Å². The Hall–Kier alpha value is -2.40. The summed E-state index contributed by atoms with van der Waals surface area (Å²) in [5, 5.41) is 6.00. The predicted octanol–water partition coefficient (Wildman–Crippen LogP) is 3.24. The molecule has 5 nitrogen and oxygen atoms in total. The topological polar surface area (TPSA) is 43.2 Å². The number of ether oxygens (including phenoxy) is 1. The fourth-order valence-corrected chi connectivity index (χ4v) is 3.42. The molecule has 4 rings (SSSR count). The molecule has 3 aromatic rings. The van der Waals surface area contributed by atoms with E-state index in [-0.39, 0.29) is 0 Å². The van der Waals surface area contributed by atoms with Gasteiger partial charge in [-0.1, -0.05) is 12.1 Å². The summed E-state index contributed by atoms with van der Waals surface area (Å²) in [5.41, 5.74) is 6.00. The van der Waals surface area contributed by atoms with Crippen LogP contribution < -0.4 is 4.90 Å². The second kappa shape index (κ2) is 6.48. The van der Waals surface area contributed by atoms with Crippen LogP contribution in [0.2, 0.25) is 0 Å². The molecule has 3 heterocycles. The average Bonchev–Trinajstić information content (AvgIpc) is 2.92. The molecule has 0 radical (unpaired) electrons. The Morgan fingerprint density at radius 3 is 2.68 bits per heavy atom. The Kier molecular flexibility index (Phi) is 4.17. The molecule has 0 bridgehead atoms. The first-order chi connectivity index (χ1) is 12.1. The van der Waals surface area contributed by atoms with Crippen molar-refractivity contribution in [3.63, 3.8) is 0 Å². The first kappa shape index (κ1) is 16.1. The third-order valence-electron chi connectivity index (χ3n) is 4.95. The van der Waals surface area contributed by atoms with E-state index in [9.17, 15) is 0 Å². The van der Waals surface area contributed by atoms with Crippen molar-refractivity contribution in [3.05, 3.63) is 52.8 Å². The molecule has 5 heteroatoms. The molecule has 0 amide bonds. The third kappa shape index (κ3) is 3.12. The molecule has 1 fully saturated rings. The summed E-state index contributed by atoms with van der Waals surface area (Å²) in [6.07, 6.45) is 1.98. The summed E-state index contributed by atoms with van der Waals surface area (Å²) in [6.45, 7) is 10.4. The number of aromatic nitrogens is 3. The second-order valence-corrected chi connectivity index (χ2v) is 6.83. The predicted molar refractivity (Wildman–Crippen MR) is 100 cm³/mol. The maximum absolute atomic E-state index is 5.45. The van der Waals surface area contributed by atoms with Gasteiger partial charge in [0.15, 0.2) is 0 Å². The highest BCUT2D eigenvalue weighted by Gasteiger charge is 2.15. The zero-order valence-electron chi connectivity index (χ0n) is 15.1. The molecule has 1 aliphatic heterocycles. The first-order valence-corrected chi connectivity index (χ1v) is 8.84. The summed E-state index contributed by atoms with van der Waals surface area (Å²) in [7, 11) is 0. The molecule has 0 unspecified atom stereocenters. The van der Waals surface area contributed by atoms with Crippen LogP contribution >= 0.6 is 0 Å². The number of morpholine rings is 1. The van der Waals surface area contributed by atoms with Gasteiger partial charge in [0.25, 0.3) is 0 Å². The van der Waals surface area contributed by atoms with Gasteiger partial charge in [-0.3, -0.25) is 4.68 Å². The van der Waals surface area contributed by atoms with Crippen LogP contribution in [0.15, 0.2) is 30.5 Å². The van der Waals surface area contributed by atoms with Gasteiger partial charge in [-0.25, -0.2) is 4.98 Å². The maximum Gasteiger partial charge on any atom is 0.128 e. The second-order valence-electron chi connectivity index (χ2n) is 6.83. The van der Waals surface area contributed by atoms with Gasteiger partial charge in [0, 0.05) is 24.7 Å². The first-order valence-electron chi connectivity index (χ1n) is 8.84. The zero-order chi connectivity index (χ0) is 17.4. The molecule has 1 saturated heterocycles. The van der Waals surface area contributed by atoms with Crippen LogP contribution in [-0.2, 0) is 11.3 Å². The number of fused-ring (bicyclic) bond motifs is 1. The minimum Gasteiger partial charge on any atom is -0.378 e. The van der Waals surface area contributed by atoms with Crippen LogP contribution in [0.1, 0.15) is 22.4 Å². The van der Waals surface area contributed by atoms with Gasteiger partial charge in [-0.2, -0.15) is 5.10 Å². The van der Waals surface area contributed by atoms with Crippen molar-refractivity contribution in [2.24, 2.45) is 0 Å². The number of hydrogen-bond donors (Lipinski definition) is 0. The van der Waals surface area contributed by atoms with Crippen molar-refractivity contribution in [1.29, 1.82) is 0 Å². The zero-order valence-corrected chi connectivity index (χ0v) is 15.1. The van der Waals surface area contributed by atoms with Crippen LogP contribution in [0.3, 0.4) is 0 Å². The van der Waals surface area contributed by atoms with Gasteiger partial charge in [-0.05, 0) is 49.6 Å². The number of aryl methyl sites for hydroxylation is 3. The minimum atomic E-state index is 0.763.